The highest BCUT2D eigenvalue weighted by Crippen LogP contribution is 2.21. The Hall–Kier alpha value is -2.74. The van der Waals surface area contributed by atoms with E-state index in [0.29, 0.717) is 18.4 Å². The van der Waals surface area contributed by atoms with Crippen LogP contribution in [-0.4, -0.2) is 25.7 Å². The highest BCUT2D eigenvalue weighted by molar-refractivity contribution is 5.67. The third-order valence-electron chi connectivity index (χ3n) is 2.75. The molecule has 5 nitrogen and oxygen atoms in total. The molecule has 0 aliphatic rings. The maximum atomic E-state index is 9.01. The van der Waals surface area contributed by atoms with Crippen molar-refractivity contribution in [3.05, 3.63) is 41.4 Å². The van der Waals surface area contributed by atoms with Gasteiger partial charge >= 0.3 is 0 Å². The number of ether oxygens (including phenoxy) is 1. The summed E-state index contributed by atoms with van der Waals surface area (Å²) in [5.74, 6) is 1.71. The minimum absolute atomic E-state index is 0.284. The first-order valence-electron chi connectivity index (χ1n) is 6.63. The summed E-state index contributed by atoms with van der Waals surface area (Å²) in [5, 5.41) is 9.01. The zero-order valence-corrected chi connectivity index (χ0v) is 12.3. The third-order valence-corrected chi connectivity index (χ3v) is 2.75. The van der Waals surface area contributed by atoms with Gasteiger partial charge < -0.3 is 14.1 Å². The van der Waals surface area contributed by atoms with Crippen LogP contribution >= 0.6 is 0 Å². The normalized spacial score (nSPS) is 10.6. The van der Waals surface area contributed by atoms with E-state index in [9.17, 15) is 0 Å². The van der Waals surface area contributed by atoms with Gasteiger partial charge in [0.25, 0.3) is 0 Å². The van der Waals surface area contributed by atoms with Gasteiger partial charge in [-0.15, -0.1) is 0 Å². The molecule has 0 atom stereocenters. The van der Waals surface area contributed by atoms with Gasteiger partial charge in [-0.2, -0.15) is 10.2 Å². The fourth-order valence-corrected chi connectivity index (χ4v) is 1.78. The summed E-state index contributed by atoms with van der Waals surface area (Å²) in [5.41, 5.74) is 1.29. The molecule has 0 amide bonds. The van der Waals surface area contributed by atoms with Gasteiger partial charge in [0.2, 0.25) is 17.5 Å². The molecule has 21 heavy (non-hydrogen) atoms. The third kappa shape index (κ3) is 3.63. The average Bonchev–Trinajstić information content (AvgIpc) is 2.90. The number of hydrogen-bond donors (Lipinski definition) is 0. The van der Waals surface area contributed by atoms with Crippen molar-refractivity contribution in [3.8, 4) is 11.8 Å². The van der Waals surface area contributed by atoms with Crippen molar-refractivity contribution in [1.82, 2.24) is 4.98 Å². The molecule has 1 aromatic carbocycles. The van der Waals surface area contributed by atoms with Gasteiger partial charge in [0.05, 0.1) is 6.61 Å². The van der Waals surface area contributed by atoms with Gasteiger partial charge in [0.15, 0.2) is 0 Å². The fraction of sp³-hybridized carbons (Fsp3) is 0.250. The fourth-order valence-electron chi connectivity index (χ4n) is 1.78. The Bertz CT molecular complexity index is 664. The first-order valence-corrected chi connectivity index (χ1v) is 6.63. The molecule has 0 bridgehead atoms. The minimum Gasteiger partial charge on any atom is -0.494 e. The summed E-state index contributed by atoms with van der Waals surface area (Å²) in [6.07, 6.45) is 3.62. The Morgan fingerprint density at radius 3 is 2.52 bits per heavy atom. The van der Waals surface area contributed by atoms with Gasteiger partial charge in [-0.3, -0.25) is 0 Å². The molecule has 0 fully saturated rings. The van der Waals surface area contributed by atoms with Gasteiger partial charge in [0.1, 0.15) is 11.8 Å². The van der Waals surface area contributed by atoms with E-state index in [2.05, 4.69) is 4.98 Å². The van der Waals surface area contributed by atoms with E-state index < -0.39 is 0 Å². The number of anilines is 1. The average molecular weight is 283 g/mol. The molecule has 2 rings (SSSR count). The molecule has 1 heterocycles. The number of oxazole rings is 1. The molecule has 0 N–H and O–H groups in total. The van der Waals surface area contributed by atoms with Crippen molar-refractivity contribution in [2.24, 2.45) is 0 Å². The first kappa shape index (κ1) is 14.7. The summed E-state index contributed by atoms with van der Waals surface area (Å²) in [4.78, 5) is 5.85. The first-order chi connectivity index (χ1) is 10.1. The molecule has 5 heteroatoms. The molecule has 108 valence electrons. The lowest BCUT2D eigenvalue weighted by atomic mass is 10.2. The highest BCUT2D eigenvalue weighted by Gasteiger charge is 2.12. The molecule has 0 aliphatic carbocycles. The van der Waals surface area contributed by atoms with Crippen LogP contribution in [0.5, 0.6) is 5.75 Å². The van der Waals surface area contributed by atoms with Crippen molar-refractivity contribution in [1.29, 1.82) is 5.26 Å². The molecule has 2 aromatic rings. The second-order valence-corrected chi connectivity index (χ2v) is 4.55. The van der Waals surface area contributed by atoms with Crippen LogP contribution in [0, 0.1) is 11.3 Å². The maximum absolute atomic E-state index is 9.01. The number of rotatable bonds is 5. The summed E-state index contributed by atoms with van der Waals surface area (Å²) in [7, 11) is 3.61. The molecule has 0 saturated carbocycles. The summed E-state index contributed by atoms with van der Waals surface area (Å²) < 4.78 is 10.9. The Morgan fingerprint density at radius 1 is 1.29 bits per heavy atom. The minimum atomic E-state index is 0.284. The molecule has 1 aromatic heterocycles. The van der Waals surface area contributed by atoms with E-state index in [1.165, 1.54) is 0 Å². The van der Waals surface area contributed by atoms with Gasteiger partial charge in [-0.05, 0) is 30.7 Å². The number of hydrogen-bond acceptors (Lipinski definition) is 5. The van der Waals surface area contributed by atoms with E-state index >= 15 is 0 Å². The standard InChI is InChI=1S/C16H17N3O2/c1-4-20-13-8-5-12(6-9-13)7-10-15-18-14(11-17)16(21-15)19(2)3/h5-10H,4H2,1-3H3/b10-7+. The molecular formula is C16H17N3O2. The monoisotopic (exact) mass is 283 g/mol. The number of nitriles is 1. The van der Waals surface area contributed by atoms with E-state index in [1.807, 2.05) is 43.3 Å². The Kier molecular flexibility index (Phi) is 4.62. The van der Waals surface area contributed by atoms with E-state index in [0.717, 1.165) is 11.3 Å². The largest absolute Gasteiger partial charge is 0.494 e. The van der Waals surface area contributed by atoms with Gasteiger partial charge in [-0.25, -0.2) is 0 Å². The van der Waals surface area contributed by atoms with Crippen molar-refractivity contribution in [2.75, 3.05) is 25.6 Å². The van der Waals surface area contributed by atoms with E-state index in [4.69, 9.17) is 14.4 Å². The Morgan fingerprint density at radius 2 is 2.00 bits per heavy atom. The van der Waals surface area contributed by atoms with E-state index in [1.54, 1.807) is 25.1 Å². The predicted octanol–water partition coefficient (Wildman–Crippen LogP) is 3.18. The zero-order valence-electron chi connectivity index (χ0n) is 12.3. The van der Waals surface area contributed by atoms with Crippen LogP contribution in [0.25, 0.3) is 12.2 Å². The lowest BCUT2D eigenvalue weighted by molar-refractivity contribution is 0.340. The van der Waals surface area contributed by atoms with Crippen molar-refractivity contribution < 1.29 is 9.15 Å². The molecule has 0 saturated heterocycles. The topological polar surface area (TPSA) is 62.3 Å². The maximum Gasteiger partial charge on any atom is 0.234 e. The zero-order chi connectivity index (χ0) is 15.2. The SMILES string of the molecule is CCOc1ccc(/C=C/c2nc(C#N)c(N(C)C)o2)cc1. The lowest BCUT2D eigenvalue weighted by Gasteiger charge is -2.05. The van der Waals surface area contributed by atoms with Crippen LogP contribution in [0.15, 0.2) is 28.7 Å². The molecule has 0 spiro atoms. The van der Waals surface area contributed by atoms with Crippen LogP contribution in [0.3, 0.4) is 0 Å². The Labute approximate surface area is 124 Å². The van der Waals surface area contributed by atoms with E-state index in [-0.39, 0.29) is 5.69 Å². The van der Waals surface area contributed by atoms with Gasteiger partial charge in [0, 0.05) is 20.2 Å². The Balaban J connectivity index is 2.15. The molecule has 0 aliphatic heterocycles. The van der Waals surface area contributed by atoms with Crippen molar-refractivity contribution in [3.63, 3.8) is 0 Å². The second-order valence-electron chi connectivity index (χ2n) is 4.55. The quantitative estimate of drug-likeness (QED) is 0.843. The number of nitrogens with zero attached hydrogens (tertiary/aromatic N) is 3. The number of aromatic nitrogens is 1. The predicted molar refractivity (Wildman–Crippen MR) is 82.1 cm³/mol. The van der Waals surface area contributed by atoms with Crippen LogP contribution in [0.1, 0.15) is 24.1 Å². The van der Waals surface area contributed by atoms with Crippen LogP contribution < -0.4 is 9.64 Å². The lowest BCUT2D eigenvalue weighted by Crippen LogP contribution is -2.08. The molecule has 0 unspecified atom stereocenters. The number of benzene rings is 1. The van der Waals surface area contributed by atoms with Crippen LogP contribution in [0.2, 0.25) is 0 Å². The van der Waals surface area contributed by atoms with Crippen molar-refractivity contribution >= 4 is 18.0 Å². The van der Waals surface area contributed by atoms with Gasteiger partial charge in [-0.1, -0.05) is 12.1 Å². The van der Waals surface area contributed by atoms with Crippen molar-refractivity contribution in [2.45, 2.75) is 6.92 Å². The summed E-state index contributed by atoms with van der Waals surface area (Å²) in [6.45, 7) is 2.60. The second kappa shape index (κ2) is 6.62. The van der Waals surface area contributed by atoms with Crippen LogP contribution in [-0.2, 0) is 0 Å². The van der Waals surface area contributed by atoms with Crippen LogP contribution in [0.4, 0.5) is 5.88 Å². The summed E-state index contributed by atoms with van der Waals surface area (Å²) >= 11 is 0. The molecule has 0 radical (unpaired) electrons. The summed E-state index contributed by atoms with van der Waals surface area (Å²) in [6, 6.07) is 9.73. The highest BCUT2D eigenvalue weighted by atomic mass is 16.5. The smallest absolute Gasteiger partial charge is 0.234 e. The molecular weight excluding hydrogens is 266 g/mol.